The third kappa shape index (κ3) is 3.92. The number of benzene rings is 1. The highest BCUT2D eigenvalue weighted by Gasteiger charge is 2.36. The van der Waals surface area contributed by atoms with Crippen LogP contribution in [0.4, 0.5) is 10.1 Å². The topological polar surface area (TPSA) is 59.8 Å². The molecule has 1 fully saturated rings. The maximum absolute atomic E-state index is 13.0. The summed E-state index contributed by atoms with van der Waals surface area (Å²) in [5.74, 6) is -1.23. The fraction of sp³-hybridized carbons (Fsp3) is 0.429. The Kier molecular flexibility index (Phi) is 5.14. The number of halogens is 2. The number of hydrogen-bond donors (Lipinski definition) is 2. The monoisotopic (exact) mass is 315 g/mol. The highest BCUT2D eigenvalue weighted by atomic mass is 35.5. The molecule has 1 amide bonds. The zero-order valence-corrected chi connectivity index (χ0v) is 12.4. The molecule has 7 heteroatoms. The number of quaternary nitrogens is 1. The van der Waals surface area contributed by atoms with E-state index >= 15 is 0 Å². The third-order valence-corrected chi connectivity index (χ3v) is 3.78. The van der Waals surface area contributed by atoms with Crippen molar-refractivity contribution < 1.29 is 23.6 Å². The van der Waals surface area contributed by atoms with E-state index in [1.165, 1.54) is 18.2 Å². The summed E-state index contributed by atoms with van der Waals surface area (Å²) in [6.07, 6.45) is 0.0248. The molecule has 1 aromatic rings. The van der Waals surface area contributed by atoms with Gasteiger partial charge in [0, 0.05) is 5.69 Å². The number of amides is 1. The lowest BCUT2D eigenvalue weighted by atomic mass is 10.1. The van der Waals surface area contributed by atoms with Crippen LogP contribution >= 0.6 is 11.6 Å². The van der Waals surface area contributed by atoms with E-state index in [4.69, 9.17) is 16.3 Å². The van der Waals surface area contributed by atoms with Gasteiger partial charge in [0.25, 0.3) is 0 Å². The number of nitrogens with one attached hydrogen (secondary N) is 2. The number of cyclic esters (lactones) is 1. The molecule has 2 atom stereocenters. The SMILES string of the molecule is CC[NH+]1CCOC(=O)[C@@H]1CC(=O)Nc1ccc(F)c(Cl)c1. The number of carbonyl (C=O) groups is 2. The Balaban J connectivity index is 1.99. The Morgan fingerprint density at radius 1 is 1.57 bits per heavy atom. The molecule has 0 aliphatic carbocycles. The summed E-state index contributed by atoms with van der Waals surface area (Å²) in [5, 5.41) is 2.55. The molecule has 1 unspecified atom stereocenters. The van der Waals surface area contributed by atoms with Crippen molar-refractivity contribution in [2.45, 2.75) is 19.4 Å². The molecule has 2 rings (SSSR count). The molecule has 0 saturated carbocycles. The second-order valence-corrected chi connectivity index (χ2v) is 5.27. The Labute approximate surface area is 127 Å². The van der Waals surface area contributed by atoms with Gasteiger partial charge in [-0.1, -0.05) is 11.6 Å². The van der Waals surface area contributed by atoms with Crippen molar-refractivity contribution in [3.63, 3.8) is 0 Å². The van der Waals surface area contributed by atoms with Crippen LogP contribution in [0, 0.1) is 5.82 Å². The fourth-order valence-corrected chi connectivity index (χ4v) is 2.53. The minimum Gasteiger partial charge on any atom is -0.455 e. The van der Waals surface area contributed by atoms with Crippen molar-refractivity contribution in [1.29, 1.82) is 0 Å². The van der Waals surface area contributed by atoms with Gasteiger partial charge in [-0.05, 0) is 25.1 Å². The molecule has 1 saturated heterocycles. The van der Waals surface area contributed by atoms with Gasteiger partial charge in [0.2, 0.25) is 5.91 Å². The van der Waals surface area contributed by atoms with Crippen molar-refractivity contribution >= 4 is 29.2 Å². The minimum atomic E-state index is -0.549. The standard InChI is InChI=1S/C14H16ClFN2O3/c1-2-18-5-6-21-14(20)12(18)8-13(19)17-9-3-4-11(16)10(15)7-9/h3-4,7,12H,2,5-6,8H2,1H3,(H,17,19)/p+1/t12-/m0/s1. The van der Waals surface area contributed by atoms with Gasteiger partial charge in [-0.15, -0.1) is 0 Å². The van der Waals surface area contributed by atoms with E-state index in [9.17, 15) is 14.0 Å². The first-order chi connectivity index (χ1) is 10.0. The van der Waals surface area contributed by atoms with Gasteiger partial charge in [0.15, 0.2) is 6.04 Å². The van der Waals surface area contributed by atoms with Crippen molar-refractivity contribution in [2.24, 2.45) is 0 Å². The van der Waals surface area contributed by atoms with Gasteiger partial charge >= 0.3 is 5.97 Å². The van der Waals surface area contributed by atoms with Gasteiger partial charge in [-0.3, -0.25) is 4.79 Å². The quantitative estimate of drug-likeness (QED) is 0.802. The van der Waals surface area contributed by atoms with Crippen molar-refractivity contribution in [3.8, 4) is 0 Å². The molecule has 0 spiro atoms. The number of likely N-dealkylation sites (N-methyl/N-ethyl adjacent to an activating group) is 1. The number of anilines is 1. The van der Waals surface area contributed by atoms with E-state index < -0.39 is 11.9 Å². The molecule has 0 aromatic heterocycles. The molecule has 5 nitrogen and oxygen atoms in total. The molecule has 1 aromatic carbocycles. The van der Waals surface area contributed by atoms with Crippen LogP contribution in [0.1, 0.15) is 13.3 Å². The van der Waals surface area contributed by atoms with Gasteiger partial charge in [0.05, 0.1) is 18.0 Å². The Morgan fingerprint density at radius 3 is 3.00 bits per heavy atom. The van der Waals surface area contributed by atoms with Gasteiger partial charge in [0.1, 0.15) is 19.0 Å². The highest BCUT2D eigenvalue weighted by molar-refractivity contribution is 6.31. The van der Waals surface area contributed by atoms with E-state index in [2.05, 4.69) is 5.32 Å². The van der Waals surface area contributed by atoms with E-state index in [1.807, 2.05) is 6.92 Å². The first kappa shape index (κ1) is 15.7. The van der Waals surface area contributed by atoms with Crippen LogP contribution in [0.2, 0.25) is 5.02 Å². The predicted octanol–water partition coefficient (Wildman–Crippen LogP) is 0.638. The molecule has 114 valence electrons. The summed E-state index contributed by atoms with van der Waals surface area (Å²) in [7, 11) is 0. The molecular formula is C14H17ClFN2O3+. The summed E-state index contributed by atoms with van der Waals surface area (Å²) in [6, 6.07) is 3.43. The molecule has 1 heterocycles. The predicted molar refractivity (Wildman–Crippen MR) is 75.8 cm³/mol. The van der Waals surface area contributed by atoms with Crippen LogP contribution in [-0.2, 0) is 14.3 Å². The zero-order chi connectivity index (χ0) is 15.4. The van der Waals surface area contributed by atoms with Crippen molar-refractivity contribution in [2.75, 3.05) is 25.0 Å². The number of esters is 1. The number of carbonyl (C=O) groups excluding carboxylic acids is 2. The average molecular weight is 316 g/mol. The number of morpholine rings is 1. The second kappa shape index (κ2) is 6.87. The fourth-order valence-electron chi connectivity index (χ4n) is 2.35. The van der Waals surface area contributed by atoms with Crippen molar-refractivity contribution in [3.05, 3.63) is 29.0 Å². The largest absolute Gasteiger partial charge is 0.455 e. The van der Waals surface area contributed by atoms with Crippen molar-refractivity contribution in [1.82, 2.24) is 0 Å². The minimum absolute atomic E-state index is 0.0248. The zero-order valence-electron chi connectivity index (χ0n) is 11.6. The summed E-state index contributed by atoms with van der Waals surface area (Å²) in [4.78, 5) is 24.8. The summed E-state index contributed by atoms with van der Waals surface area (Å²) < 4.78 is 18.0. The van der Waals surface area contributed by atoms with Crippen LogP contribution in [0.15, 0.2) is 18.2 Å². The highest BCUT2D eigenvalue weighted by Crippen LogP contribution is 2.19. The normalized spacial score (nSPS) is 21.8. The average Bonchev–Trinajstić information content (AvgIpc) is 2.45. The maximum atomic E-state index is 13.0. The van der Waals surface area contributed by atoms with Crippen LogP contribution in [-0.4, -0.2) is 37.6 Å². The first-order valence-corrected chi connectivity index (χ1v) is 7.15. The maximum Gasteiger partial charge on any atom is 0.365 e. The molecule has 1 aliphatic heterocycles. The lowest BCUT2D eigenvalue weighted by molar-refractivity contribution is -0.919. The third-order valence-electron chi connectivity index (χ3n) is 3.49. The van der Waals surface area contributed by atoms with E-state index in [-0.39, 0.29) is 23.3 Å². The summed E-state index contributed by atoms with van der Waals surface area (Å²) >= 11 is 5.65. The Morgan fingerprint density at radius 2 is 2.33 bits per heavy atom. The molecule has 0 radical (unpaired) electrons. The van der Waals surface area contributed by atoms with E-state index in [0.717, 1.165) is 11.4 Å². The van der Waals surface area contributed by atoms with Crippen LogP contribution in [0.5, 0.6) is 0 Å². The van der Waals surface area contributed by atoms with Gasteiger partial charge in [-0.25, -0.2) is 9.18 Å². The Bertz CT molecular complexity index is 553. The molecular weight excluding hydrogens is 299 g/mol. The number of hydrogen-bond acceptors (Lipinski definition) is 3. The smallest absolute Gasteiger partial charge is 0.365 e. The first-order valence-electron chi connectivity index (χ1n) is 6.77. The van der Waals surface area contributed by atoms with Crippen LogP contribution in [0.25, 0.3) is 0 Å². The lowest BCUT2D eigenvalue weighted by Crippen LogP contribution is -3.18. The summed E-state index contributed by atoms with van der Waals surface area (Å²) in [5.41, 5.74) is 0.397. The van der Waals surface area contributed by atoms with E-state index in [0.29, 0.717) is 18.8 Å². The van der Waals surface area contributed by atoms with E-state index in [1.54, 1.807) is 0 Å². The van der Waals surface area contributed by atoms with Gasteiger partial charge in [-0.2, -0.15) is 0 Å². The number of rotatable bonds is 4. The second-order valence-electron chi connectivity index (χ2n) is 4.86. The molecule has 21 heavy (non-hydrogen) atoms. The van der Waals surface area contributed by atoms with Gasteiger partial charge < -0.3 is 15.0 Å². The molecule has 1 aliphatic rings. The molecule has 2 N–H and O–H groups in total. The Hall–Kier alpha value is -1.66. The molecule has 0 bridgehead atoms. The van der Waals surface area contributed by atoms with Crippen LogP contribution < -0.4 is 10.2 Å². The summed E-state index contributed by atoms with van der Waals surface area (Å²) in [6.45, 7) is 3.78. The number of ether oxygens (including phenoxy) is 1. The van der Waals surface area contributed by atoms with Crippen LogP contribution in [0.3, 0.4) is 0 Å². The lowest BCUT2D eigenvalue weighted by Gasteiger charge is -2.29.